The molecule has 0 unspecified atom stereocenters. The molecule has 4 aromatic carbocycles. The van der Waals surface area contributed by atoms with Gasteiger partial charge in [-0.1, -0.05) is 60.7 Å². The summed E-state index contributed by atoms with van der Waals surface area (Å²) >= 11 is 0. The number of ether oxygens (including phenoxy) is 1. The summed E-state index contributed by atoms with van der Waals surface area (Å²) in [6.07, 6.45) is -2.11. The lowest BCUT2D eigenvalue weighted by Crippen LogP contribution is -2.59. The van der Waals surface area contributed by atoms with E-state index in [2.05, 4.69) is 0 Å². The zero-order chi connectivity index (χ0) is 25.1. The molecule has 7 heteroatoms. The first-order chi connectivity index (χ1) is 16.8. The molecule has 0 radical (unpaired) electrons. The summed E-state index contributed by atoms with van der Waals surface area (Å²) < 4.78 is 6.05. The third-order valence-corrected chi connectivity index (χ3v) is 6.07. The van der Waals surface area contributed by atoms with Crippen LogP contribution in [-0.2, 0) is 9.59 Å². The van der Waals surface area contributed by atoms with Crippen LogP contribution in [0, 0.1) is 0 Å². The van der Waals surface area contributed by atoms with Crippen LogP contribution in [0.15, 0.2) is 84.9 Å². The number of fused-ring (bicyclic) bond motifs is 2. The molecule has 1 amide bonds. The number of carboxylic acids is 1. The van der Waals surface area contributed by atoms with Crippen molar-refractivity contribution in [1.82, 2.24) is 0 Å². The third-order valence-electron chi connectivity index (χ3n) is 6.07. The second-order valence-electron chi connectivity index (χ2n) is 8.62. The molecule has 0 saturated heterocycles. The fourth-order valence-corrected chi connectivity index (χ4v) is 4.16. The van der Waals surface area contributed by atoms with Crippen molar-refractivity contribution in [2.24, 2.45) is 5.73 Å². The fourth-order valence-electron chi connectivity index (χ4n) is 4.16. The molecular formula is C28H28N2O5. The molecule has 7 nitrogen and oxygen atoms in total. The molecule has 4 atom stereocenters. The van der Waals surface area contributed by atoms with Crippen LogP contribution in [0.5, 0.6) is 5.75 Å². The van der Waals surface area contributed by atoms with Crippen LogP contribution in [-0.4, -0.2) is 46.4 Å². The molecule has 0 bridgehead atoms. The lowest BCUT2D eigenvalue weighted by atomic mass is 10.0. The van der Waals surface area contributed by atoms with Crippen LogP contribution >= 0.6 is 0 Å². The molecule has 0 spiro atoms. The summed E-state index contributed by atoms with van der Waals surface area (Å²) in [5, 5.41) is 24.0. The number of rotatable bonds is 8. The quantitative estimate of drug-likeness (QED) is 0.358. The van der Waals surface area contributed by atoms with Crippen molar-refractivity contribution in [3.63, 3.8) is 0 Å². The topological polar surface area (TPSA) is 113 Å². The minimum Gasteiger partial charge on any atom is -0.488 e. The smallest absolute Gasteiger partial charge is 0.330 e. The highest BCUT2D eigenvalue weighted by atomic mass is 16.5. The highest BCUT2D eigenvalue weighted by Gasteiger charge is 2.39. The number of benzene rings is 4. The van der Waals surface area contributed by atoms with Crippen molar-refractivity contribution >= 4 is 39.1 Å². The first-order valence-electron chi connectivity index (χ1n) is 11.4. The Morgan fingerprint density at radius 1 is 0.829 bits per heavy atom. The Kier molecular flexibility index (Phi) is 7.00. The Bertz CT molecular complexity index is 1370. The van der Waals surface area contributed by atoms with Crippen LogP contribution < -0.4 is 15.4 Å². The summed E-state index contributed by atoms with van der Waals surface area (Å²) in [6.45, 7) is 3.00. The number of carbonyl (C=O) groups is 2. The number of aliphatic hydroxyl groups excluding tert-OH is 1. The van der Waals surface area contributed by atoms with Gasteiger partial charge < -0.3 is 20.7 Å². The second-order valence-corrected chi connectivity index (χ2v) is 8.62. The van der Waals surface area contributed by atoms with Crippen molar-refractivity contribution < 1.29 is 24.5 Å². The van der Waals surface area contributed by atoms with Gasteiger partial charge >= 0.3 is 5.97 Å². The Morgan fingerprint density at radius 3 is 1.94 bits per heavy atom. The van der Waals surface area contributed by atoms with Crippen LogP contribution in [0.2, 0.25) is 0 Å². The number of carbonyl (C=O) groups excluding carboxylic acids is 1. The largest absolute Gasteiger partial charge is 0.488 e. The first kappa shape index (κ1) is 24.2. The third kappa shape index (κ3) is 5.11. The van der Waals surface area contributed by atoms with E-state index in [4.69, 9.17) is 10.5 Å². The summed E-state index contributed by atoms with van der Waals surface area (Å²) in [7, 11) is 0. The number of aliphatic hydroxyl groups is 1. The number of aliphatic carboxylic acids is 1. The number of carboxylic acid groups (broad SMARTS) is 1. The lowest BCUT2D eigenvalue weighted by Gasteiger charge is -2.35. The van der Waals surface area contributed by atoms with Crippen LogP contribution in [0.1, 0.15) is 13.8 Å². The number of hydrogen-bond donors (Lipinski definition) is 3. The van der Waals surface area contributed by atoms with E-state index in [1.807, 2.05) is 66.7 Å². The Hall–Kier alpha value is -3.94. The van der Waals surface area contributed by atoms with Crippen molar-refractivity contribution in [2.75, 3.05) is 4.90 Å². The first-order valence-corrected chi connectivity index (χ1v) is 11.4. The van der Waals surface area contributed by atoms with Gasteiger partial charge in [0.2, 0.25) is 5.91 Å². The van der Waals surface area contributed by atoms with Crippen molar-refractivity contribution in [2.45, 2.75) is 38.1 Å². The summed E-state index contributed by atoms with van der Waals surface area (Å²) in [5.41, 5.74) is 6.34. The Labute approximate surface area is 203 Å². The molecule has 0 fully saturated rings. The minimum atomic E-state index is -1.40. The van der Waals surface area contributed by atoms with Crippen LogP contribution in [0.25, 0.3) is 21.5 Å². The predicted octanol–water partition coefficient (Wildman–Crippen LogP) is 3.95. The number of hydrogen-bond acceptors (Lipinski definition) is 5. The number of nitrogens with two attached hydrogens (primary N) is 1. The van der Waals surface area contributed by atoms with E-state index in [-0.39, 0.29) is 0 Å². The standard InChI is InChI=1S/C28H28N2O5/c1-17(31)25(29)27(32)30(23-13-11-19-7-3-5-9-21(19)15-23)26(28(33)34)18(2)35-24-14-12-20-8-4-6-10-22(20)16-24/h3-18,25-26,31H,29H2,1-2H3,(H,33,34)/t17-,18-,25+,26+/m1/s1. The predicted molar refractivity (Wildman–Crippen MR) is 137 cm³/mol. The monoisotopic (exact) mass is 472 g/mol. The van der Waals surface area contributed by atoms with E-state index in [0.717, 1.165) is 26.4 Å². The molecular weight excluding hydrogens is 444 g/mol. The van der Waals surface area contributed by atoms with E-state index < -0.39 is 36.2 Å². The van der Waals surface area contributed by atoms with Gasteiger partial charge in [-0.3, -0.25) is 9.69 Å². The van der Waals surface area contributed by atoms with Gasteiger partial charge in [0.25, 0.3) is 0 Å². The van der Waals surface area contributed by atoms with Gasteiger partial charge in [-0.05, 0) is 59.7 Å². The van der Waals surface area contributed by atoms with Gasteiger partial charge in [0.05, 0.1) is 6.10 Å². The maximum atomic E-state index is 13.4. The van der Waals surface area contributed by atoms with E-state index in [0.29, 0.717) is 11.4 Å². The van der Waals surface area contributed by atoms with Gasteiger partial charge in [-0.15, -0.1) is 0 Å². The zero-order valence-electron chi connectivity index (χ0n) is 19.5. The number of nitrogens with zero attached hydrogens (tertiary/aromatic N) is 1. The molecule has 4 rings (SSSR count). The van der Waals surface area contributed by atoms with E-state index >= 15 is 0 Å². The number of anilines is 1. The van der Waals surface area contributed by atoms with Gasteiger partial charge in [0.15, 0.2) is 6.04 Å². The highest BCUT2D eigenvalue weighted by Crippen LogP contribution is 2.28. The molecule has 180 valence electrons. The Balaban J connectivity index is 1.74. The van der Waals surface area contributed by atoms with E-state index in [1.54, 1.807) is 25.1 Å². The highest BCUT2D eigenvalue weighted by molar-refractivity contribution is 6.04. The molecule has 0 aliphatic rings. The summed E-state index contributed by atoms with van der Waals surface area (Å²) in [4.78, 5) is 27.1. The van der Waals surface area contributed by atoms with Gasteiger partial charge in [-0.2, -0.15) is 0 Å². The van der Waals surface area contributed by atoms with Gasteiger partial charge in [0, 0.05) is 5.69 Å². The van der Waals surface area contributed by atoms with Crippen LogP contribution in [0.3, 0.4) is 0 Å². The normalized spacial score (nSPS) is 14.7. The van der Waals surface area contributed by atoms with Gasteiger partial charge in [-0.25, -0.2) is 4.79 Å². The van der Waals surface area contributed by atoms with Crippen LogP contribution in [0.4, 0.5) is 5.69 Å². The molecule has 0 aromatic heterocycles. The molecule has 0 aliphatic carbocycles. The minimum absolute atomic E-state index is 0.353. The van der Waals surface area contributed by atoms with E-state index in [1.165, 1.54) is 6.92 Å². The summed E-state index contributed by atoms with van der Waals surface area (Å²) in [6, 6.07) is 23.3. The molecule has 35 heavy (non-hydrogen) atoms. The number of amides is 1. The fraction of sp³-hybridized carbons (Fsp3) is 0.214. The molecule has 0 heterocycles. The van der Waals surface area contributed by atoms with Crippen molar-refractivity contribution in [3.05, 3.63) is 84.9 Å². The molecule has 0 aliphatic heterocycles. The Morgan fingerprint density at radius 2 is 1.37 bits per heavy atom. The molecule has 0 saturated carbocycles. The molecule has 4 N–H and O–H groups in total. The zero-order valence-corrected chi connectivity index (χ0v) is 19.5. The maximum absolute atomic E-state index is 13.4. The SMILES string of the molecule is C[C@@H](O)[C@H](N)C(=O)N(c1ccc2ccccc2c1)[C@H](C(=O)O)[C@@H](C)Oc1ccc2ccccc2c1. The summed E-state index contributed by atoms with van der Waals surface area (Å²) in [5.74, 6) is -1.48. The maximum Gasteiger partial charge on any atom is 0.330 e. The lowest BCUT2D eigenvalue weighted by molar-refractivity contribution is -0.142. The van der Waals surface area contributed by atoms with Crippen molar-refractivity contribution in [1.29, 1.82) is 0 Å². The molecule has 4 aromatic rings. The average Bonchev–Trinajstić information content (AvgIpc) is 2.85. The van der Waals surface area contributed by atoms with Gasteiger partial charge in [0.1, 0.15) is 17.9 Å². The average molecular weight is 473 g/mol. The van der Waals surface area contributed by atoms with Crippen molar-refractivity contribution in [3.8, 4) is 5.75 Å². The second kappa shape index (κ2) is 10.1. The van der Waals surface area contributed by atoms with E-state index in [9.17, 15) is 19.8 Å².